The summed E-state index contributed by atoms with van der Waals surface area (Å²) >= 11 is 0. The van der Waals surface area contributed by atoms with E-state index < -0.39 is 0 Å². The lowest BCUT2D eigenvalue weighted by Gasteiger charge is -2.27. The van der Waals surface area contributed by atoms with E-state index in [1.807, 2.05) is 36.1 Å². The zero-order valence-corrected chi connectivity index (χ0v) is 16.6. The van der Waals surface area contributed by atoms with Crippen molar-refractivity contribution < 1.29 is 4.79 Å². The highest BCUT2D eigenvalue weighted by atomic mass is 16.2. The van der Waals surface area contributed by atoms with Gasteiger partial charge in [-0.15, -0.1) is 0 Å². The fraction of sp³-hybridized carbons (Fsp3) is 0.348. The monoisotopic (exact) mass is 390 g/mol. The Labute approximate surface area is 170 Å². The number of aryl methyl sites for hydroxylation is 1. The quantitative estimate of drug-likeness (QED) is 0.678. The number of amides is 1. The van der Waals surface area contributed by atoms with Gasteiger partial charge in [-0.05, 0) is 49.1 Å². The van der Waals surface area contributed by atoms with Gasteiger partial charge >= 0.3 is 0 Å². The largest absolute Gasteiger partial charge is 0.348 e. The van der Waals surface area contributed by atoms with Gasteiger partial charge in [0.2, 0.25) is 5.91 Å². The summed E-state index contributed by atoms with van der Waals surface area (Å²) < 4.78 is 0. The van der Waals surface area contributed by atoms with Crippen LogP contribution in [0.2, 0.25) is 0 Å². The number of aromatic nitrogens is 2. The van der Waals surface area contributed by atoms with Crippen molar-refractivity contribution in [1.29, 1.82) is 0 Å². The Balaban J connectivity index is 1.43. The Bertz CT molecular complexity index is 1080. The van der Waals surface area contributed by atoms with Crippen molar-refractivity contribution >= 4 is 16.8 Å². The van der Waals surface area contributed by atoms with Crippen LogP contribution in [0.5, 0.6) is 0 Å². The molecular weight excluding hydrogens is 364 g/mol. The normalized spacial score (nSPS) is 16.0. The number of nitrogens with zero attached hydrogens (tertiary/aromatic N) is 2. The second-order valence-corrected chi connectivity index (χ2v) is 7.54. The highest BCUT2D eigenvalue weighted by molar-refractivity contribution is 5.79. The van der Waals surface area contributed by atoms with Crippen LogP contribution in [0.3, 0.4) is 0 Å². The van der Waals surface area contributed by atoms with Gasteiger partial charge in [0.25, 0.3) is 5.56 Å². The molecule has 0 radical (unpaired) electrons. The first-order valence-corrected chi connectivity index (χ1v) is 10.2. The summed E-state index contributed by atoms with van der Waals surface area (Å²) in [7, 11) is 0. The van der Waals surface area contributed by atoms with Gasteiger partial charge in [0.1, 0.15) is 5.82 Å². The maximum atomic E-state index is 12.7. The number of para-hydroxylation sites is 1. The number of benzene rings is 2. The highest BCUT2D eigenvalue weighted by Gasteiger charge is 2.22. The minimum atomic E-state index is -0.148. The van der Waals surface area contributed by atoms with Crippen LogP contribution in [-0.2, 0) is 17.8 Å². The van der Waals surface area contributed by atoms with Crippen molar-refractivity contribution in [3.8, 4) is 0 Å². The van der Waals surface area contributed by atoms with E-state index in [1.54, 1.807) is 6.07 Å². The fourth-order valence-corrected chi connectivity index (χ4v) is 4.05. The van der Waals surface area contributed by atoms with E-state index in [0.29, 0.717) is 29.8 Å². The predicted molar refractivity (Wildman–Crippen MR) is 114 cm³/mol. The molecule has 0 fully saturated rings. The van der Waals surface area contributed by atoms with Crippen LogP contribution < -0.4 is 10.9 Å². The van der Waals surface area contributed by atoms with Gasteiger partial charge in [0.15, 0.2) is 0 Å². The summed E-state index contributed by atoms with van der Waals surface area (Å²) in [6.07, 6.45) is 3.13. The van der Waals surface area contributed by atoms with E-state index in [0.717, 1.165) is 19.3 Å². The maximum absolute atomic E-state index is 12.7. The average molecular weight is 390 g/mol. The average Bonchev–Trinajstić information content (AvgIpc) is 2.73. The van der Waals surface area contributed by atoms with Crippen LogP contribution in [0, 0.1) is 0 Å². The predicted octanol–water partition coefficient (Wildman–Crippen LogP) is 2.94. The first kappa shape index (κ1) is 19.3. The van der Waals surface area contributed by atoms with E-state index in [9.17, 15) is 9.59 Å². The molecule has 0 spiro atoms. The molecule has 1 aliphatic rings. The second-order valence-electron chi connectivity index (χ2n) is 7.54. The summed E-state index contributed by atoms with van der Waals surface area (Å²) in [5, 5.41) is 3.77. The summed E-state index contributed by atoms with van der Waals surface area (Å²) in [5.74, 6) is 0.572. The van der Waals surface area contributed by atoms with Crippen LogP contribution in [0.25, 0.3) is 10.9 Å². The molecule has 0 aliphatic heterocycles. The molecule has 0 bridgehead atoms. The molecular formula is C23H26N4O2. The molecule has 1 amide bonds. The second kappa shape index (κ2) is 8.57. The number of nitrogens with one attached hydrogen (secondary N) is 2. The number of hydrogen-bond donors (Lipinski definition) is 2. The Morgan fingerprint density at radius 2 is 2.00 bits per heavy atom. The first-order chi connectivity index (χ1) is 14.1. The third kappa shape index (κ3) is 4.38. The van der Waals surface area contributed by atoms with Gasteiger partial charge < -0.3 is 10.3 Å². The Morgan fingerprint density at radius 3 is 2.86 bits per heavy atom. The number of H-pyrrole nitrogens is 1. The number of likely N-dealkylation sites (N-methyl/N-ethyl adjacent to an activating group) is 1. The molecule has 2 N–H and O–H groups in total. The molecule has 1 aliphatic carbocycles. The van der Waals surface area contributed by atoms with Gasteiger partial charge in [0, 0.05) is 0 Å². The van der Waals surface area contributed by atoms with Crippen molar-refractivity contribution in [2.24, 2.45) is 0 Å². The van der Waals surface area contributed by atoms with Gasteiger partial charge in [-0.2, -0.15) is 0 Å². The van der Waals surface area contributed by atoms with Gasteiger partial charge in [-0.25, -0.2) is 4.98 Å². The third-order valence-electron chi connectivity index (χ3n) is 5.55. The van der Waals surface area contributed by atoms with E-state index in [4.69, 9.17) is 0 Å². The molecule has 3 aromatic rings. The van der Waals surface area contributed by atoms with Crippen LogP contribution in [0.1, 0.15) is 42.8 Å². The molecule has 0 saturated carbocycles. The van der Waals surface area contributed by atoms with Crippen molar-refractivity contribution in [1.82, 2.24) is 20.2 Å². The molecule has 0 saturated heterocycles. The fourth-order valence-electron chi connectivity index (χ4n) is 4.05. The lowest BCUT2D eigenvalue weighted by molar-refractivity contribution is -0.123. The van der Waals surface area contributed by atoms with Crippen LogP contribution >= 0.6 is 0 Å². The minimum absolute atomic E-state index is 0.00307. The van der Waals surface area contributed by atoms with E-state index in [1.165, 1.54) is 11.1 Å². The summed E-state index contributed by atoms with van der Waals surface area (Å²) in [4.78, 5) is 34.4. The van der Waals surface area contributed by atoms with E-state index in [-0.39, 0.29) is 24.1 Å². The smallest absolute Gasteiger partial charge is 0.258 e. The van der Waals surface area contributed by atoms with E-state index in [2.05, 4.69) is 33.5 Å². The lowest BCUT2D eigenvalue weighted by atomic mass is 9.88. The Kier molecular flexibility index (Phi) is 5.71. The minimum Gasteiger partial charge on any atom is -0.348 e. The zero-order chi connectivity index (χ0) is 20.2. The molecule has 4 rings (SSSR count). The molecule has 2 aromatic carbocycles. The number of aromatic amines is 1. The first-order valence-electron chi connectivity index (χ1n) is 10.2. The highest BCUT2D eigenvalue weighted by Crippen LogP contribution is 2.29. The molecule has 1 heterocycles. The van der Waals surface area contributed by atoms with Crippen LogP contribution in [-0.4, -0.2) is 33.9 Å². The number of hydrogen-bond acceptors (Lipinski definition) is 4. The van der Waals surface area contributed by atoms with Gasteiger partial charge in [-0.3, -0.25) is 14.5 Å². The van der Waals surface area contributed by atoms with Crippen molar-refractivity contribution in [2.45, 2.75) is 38.8 Å². The van der Waals surface area contributed by atoms with Crippen molar-refractivity contribution in [3.63, 3.8) is 0 Å². The molecule has 0 unspecified atom stereocenters. The molecule has 150 valence electrons. The van der Waals surface area contributed by atoms with Crippen molar-refractivity contribution in [3.05, 3.63) is 75.8 Å². The summed E-state index contributed by atoms with van der Waals surface area (Å²) in [6.45, 7) is 3.38. The topological polar surface area (TPSA) is 78.1 Å². The number of fused-ring (bicyclic) bond motifs is 2. The maximum Gasteiger partial charge on any atom is 0.258 e. The standard InChI is InChI=1S/C23H26N4O2/c1-2-27(14-21-24-20-12-6-5-11-18(20)23(29)26-21)15-22(28)25-19-13-7-9-16-8-3-4-10-17(16)19/h3-6,8,10-12,19H,2,7,9,13-15H2,1H3,(H,25,28)(H,24,26,29)/t19-/m1/s1. The summed E-state index contributed by atoms with van der Waals surface area (Å²) in [5.41, 5.74) is 3.08. The number of carbonyl (C=O) groups excluding carboxylic acids is 1. The number of rotatable bonds is 6. The molecule has 6 nitrogen and oxygen atoms in total. The van der Waals surface area contributed by atoms with Gasteiger partial charge in [-0.1, -0.05) is 43.3 Å². The van der Waals surface area contributed by atoms with Crippen LogP contribution in [0.15, 0.2) is 53.3 Å². The molecule has 6 heteroatoms. The van der Waals surface area contributed by atoms with Crippen LogP contribution in [0.4, 0.5) is 0 Å². The van der Waals surface area contributed by atoms with E-state index >= 15 is 0 Å². The zero-order valence-electron chi connectivity index (χ0n) is 16.6. The number of carbonyl (C=O) groups is 1. The van der Waals surface area contributed by atoms with Gasteiger partial charge in [0.05, 0.1) is 30.0 Å². The molecule has 1 aromatic heterocycles. The third-order valence-corrected chi connectivity index (χ3v) is 5.55. The lowest BCUT2D eigenvalue weighted by Crippen LogP contribution is -2.39. The SMILES string of the molecule is CCN(CC(=O)N[C@@H]1CCCc2ccccc21)Cc1nc2ccccc2c(=O)[nH]1. The molecule has 1 atom stereocenters. The van der Waals surface area contributed by atoms with Crippen molar-refractivity contribution in [2.75, 3.05) is 13.1 Å². The Hall–Kier alpha value is -2.99. The molecule has 29 heavy (non-hydrogen) atoms. The summed E-state index contributed by atoms with van der Waals surface area (Å²) in [6, 6.07) is 15.7. The Morgan fingerprint density at radius 1 is 1.21 bits per heavy atom.